The highest BCUT2D eigenvalue weighted by Gasteiger charge is 2.18. The average molecular weight is 342 g/mol. The summed E-state index contributed by atoms with van der Waals surface area (Å²) in [5, 5.41) is 4.85. The molecule has 2 aromatic carbocycles. The van der Waals surface area contributed by atoms with Gasteiger partial charge in [-0.15, -0.1) is 0 Å². The van der Waals surface area contributed by atoms with Crippen molar-refractivity contribution in [2.24, 2.45) is 0 Å². The molecule has 5 nitrogen and oxygen atoms in total. The summed E-state index contributed by atoms with van der Waals surface area (Å²) in [5.74, 6) is -0.897. The first-order valence-electron chi connectivity index (χ1n) is 7.04. The highest BCUT2D eigenvalue weighted by atomic mass is 35.5. The second-order valence-electron chi connectivity index (χ2n) is 5.10. The summed E-state index contributed by atoms with van der Waals surface area (Å²) in [6.45, 7) is 0. The summed E-state index contributed by atoms with van der Waals surface area (Å²) >= 11 is 6.26. The molecule has 0 atom stereocenters. The van der Waals surface area contributed by atoms with Crippen LogP contribution in [0.15, 0.2) is 63.9 Å². The molecule has 0 saturated carbocycles. The molecule has 4 rings (SSSR count). The van der Waals surface area contributed by atoms with E-state index in [-0.39, 0.29) is 11.0 Å². The van der Waals surface area contributed by atoms with E-state index in [1.807, 2.05) is 24.3 Å². The molecule has 7 heteroatoms. The van der Waals surface area contributed by atoms with Gasteiger partial charge in [0.05, 0.1) is 16.8 Å². The molecule has 0 aliphatic carbocycles. The van der Waals surface area contributed by atoms with Gasteiger partial charge in [-0.25, -0.2) is 18.7 Å². The van der Waals surface area contributed by atoms with Crippen LogP contribution in [0.4, 0.5) is 4.39 Å². The van der Waals surface area contributed by atoms with Crippen molar-refractivity contribution in [3.05, 3.63) is 76.1 Å². The molecule has 0 N–H and O–H groups in total. The fraction of sp³-hybridized carbons (Fsp3) is 0. The zero-order chi connectivity index (χ0) is 16.7. The normalized spacial score (nSPS) is 11.1. The molecule has 118 valence electrons. The van der Waals surface area contributed by atoms with E-state index >= 15 is 0 Å². The van der Waals surface area contributed by atoms with Gasteiger partial charge in [-0.05, 0) is 36.4 Å². The largest absolute Gasteiger partial charge is 0.446 e. The number of halogens is 2. The predicted molar refractivity (Wildman–Crippen MR) is 87.8 cm³/mol. The molecular formula is C17H9ClFN3O2. The summed E-state index contributed by atoms with van der Waals surface area (Å²) in [7, 11) is 0. The van der Waals surface area contributed by atoms with Crippen LogP contribution in [-0.2, 0) is 0 Å². The van der Waals surface area contributed by atoms with Gasteiger partial charge < -0.3 is 0 Å². The van der Waals surface area contributed by atoms with Crippen molar-refractivity contribution < 1.29 is 8.91 Å². The highest BCUT2D eigenvalue weighted by molar-refractivity contribution is 6.32. The predicted octanol–water partition coefficient (Wildman–Crippen LogP) is 3.83. The van der Waals surface area contributed by atoms with Gasteiger partial charge in [0.15, 0.2) is 5.82 Å². The molecule has 0 spiro atoms. The monoisotopic (exact) mass is 341 g/mol. The highest BCUT2D eigenvalue weighted by Crippen LogP contribution is 2.29. The van der Waals surface area contributed by atoms with E-state index in [2.05, 4.69) is 10.1 Å². The molecular weight excluding hydrogens is 333 g/mol. The van der Waals surface area contributed by atoms with Gasteiger partial charge in [0, 0.05) is 5.39 Å². The Balaban J connectivity index is 1.97. The number of aromatic nitrogens is 3. The van der Waals surface area contributed by atoms with Crippen molar-refractivity contribution in [3.63, 3.8) is 0 Å². The van der Waals surface area contributed by atoms with Gasteiger partial charge in [-0.1, -0.05) is 35.0 Å². The summed E-state index contributed by atoms with van der Waals surface area (Å²) < 4.78 is 19.1. The fourth-order valence-electron chi connectivity index (χ4n) is 2.49. The average Bonchev–Trinajstić information content (AvgIpc) is 2.96. The Labute approximate surface area is 139 Å². The number of fused-ring (bicyclic) bond motifs is 1. The molecule has 0 saturated heterocycles. The number of para-hydroxylation sites is 1. The van der Waals surface area contributed by atoms with Crippen LogP contribution in [0.2, 0.25) is 5.15 Å². The number of pyridine rings is 1. The van der Waals surface area contributed by atoms with Crippen LogP contribution >= 0.6 is 11.6 Å². The Morgan fingerprint density at radius 1 is 1.08 bits per heavy atom. The van der Waals surface area contributed by atoms with Gasteiger partial charge in [0.25, 0.3) is 0 Å². The van der Waals surface area contributed by atoms with Gasteiger partial charge in [-0.3, -0.25) is 4.52 Å². The van der Waals surface area contributed by atoms with E-state index in [0.29, 0.717) is 11.3 Å². The minimum absolute atomic E-state index is 0.192. The molecule has 0 bridgehead atoms. The zero-order valence-electron chi connectivity index (χ0n) is 12.1. The third-order valence-corrected chi connectivity index (χ3v) is 3.90. The van der Waals surface area contributed by atoms with Crippen LogP contribution in [0, 0.1) is 5.82 Å². The number of benzene rings is 2. The lowest BCUT2D eigenvalue weighted by Gasteiger charge is -2.07. The van der Waals surface area contributed by atoms with Crippen molar-refractivity contribution in [1.82, 2.24) is 14.7 Å². The van der Waals surface area contributed by atoms with Crippen molar-refractivity contribution >= 4 is 22.5 Å². The van der Waals surface area contributed by atoms with Crippen LogP contribution in [0.3, 0.4) is 0 Å². The zero-order valence-corrected chi connectivity index (χ0v) is 12.9. The Morgan fingerprint density at radius 2 is 1.83 bits per heavy atom. The van der Waals surface area contributed by atoms with Gasteiger partial charge in [-0.2, -0.15) is 0 Å². The second kappa shape index (κ2) is 5.58. The van der Waals surface area contributed by atoms with E-state index in [1.54, 1.807) is 6.07 Å². The lowest BCUT2D eigenvalue weighted by molar-refractivity contribution is 0.383. The van der Waals surface area contributed by atoms with Crippen molar-refractivity contribution in [2.75, 3.05) is 0 Å². The Kier molecular flexibility index (Phi) is 3.39. The Hall–Kier alpha value is -2.99. The molecule has 2 heterocycles. The SMILES string of the molecule is O=c1onc(-c2cc3ccccc3nc2Cl)n1-c1ccc(F)cc1. The third-order valence-electron chi connectivity index (χ3n) is 3.61. The van der Waals surface area contributed by atoms with E-state index in [1.165, 1.54) is 28.8 Å². The number of rotatable bonds is 2. The number of hydrogen-bond donors (Lipinski definition) is 0. The summed E-state index contributed by atoms with van der Waals surface area (Å²) in [4.78, 5) is 16.4. The van der Waals surface area contributed by atoms with E-state index in [9.17, 15) is 9.18 Å². The standard InChI is InChI=1S/C17H9ClFN3O2/c18-15-13(9-10-3-1-2-4-14(10)20-15)16-21-24-17(23)22(16)12-7-5-11(19)6-8-12/h1-9H. The van der Waals surface area contributed by atoms with Crippen molar-refractivity contribution in [3.8, 4) is 17.1 Å². The molecule has 4 aromatic rings. The minimum Gasteiger partial charge on any atom is -0.295 e. The third kappa shape index (κ3) is 2.37. The van der Waals surface area contributed by atoms with Gasteiger partial charge >= 0.3 is 5.76 Å². The minimum atomic E-state index is -0.694. The molecule has 0 aliphatic rings. The maximum absolute atomic E-state index is 13.1. The molecule has 0 fully saturated rings. The first-order valence-corrected chi connectivity index (χ1v) is 7.41. The summed E-state index contributed by atoms with van der Waals surface area (Å²) in [6.07, 6.45) is 0. The topological polar surface area (TPSA) is 60.9 Å². The number of hydrogen-bond acceptors (Lipinski definition) is 4. The lowest BCUT2D eigenvalue weighted by atomic mass is 10.1. The van der Waals surface area contributed by atoms with Crippen LogP contribution in [0.5, 0.6) is 0 Å². The smallest absolute Gasteiger partial charge is 0.295 e. The van der Waals surface area contributed by atoms with Gasteiger partial charge in [0.1, 0.15) is 11.0 Å². The second-order valence-corrected chi connectivity index (χ2v) is 5.46. The number of nitrogens with zero attached hydrogens (tertiary/aromatic N) is 3. The Morgan fingerprint density at radius 3 is 2.62 bits per heavy atom. The molecule has 0 aliphatic heterocycles. The fourth-order valence-corrected chi connectivity index (χ4v) is 2.72. The van der Waals surface area contributed by atoms with E-state index in [4.69, 9.17) is 16.1 Å². The summed E-state index contributed by atoms with van der Waals surface area (Å²) in [6, 6.07) is 14.6. The molecule has 0 amide bonds. The molecule has 2 aromatic heterocycles. The first kappa shape index (κ1) is 14.6. The van der Waals surface area contributed by atoms with E-state index < -0.39 is 11.6 Å². The molecule has 24 heavy (non-hydrogen) atoms. The van der Waals surface area contributed by atoms with E-state index in [0.717, 1.165) is 10.9 Å². The van der Waals surface area contributed by atoms with Crippen LogP contribution in [0.1, 0.15) is 0 Å². The Bertz CT molecular complexity index is 1100. The molecule has 0 radical (unpaired) electrons. The maximum Gasteiger partial charge on any atom is 0.446 e. The van der Waals surface area contributed by atoms with Crippen LogP contribution < -0.4 is 5.76 Å². The quantitative estimate of drug-likeness (QED) is 0.520. The first-order chi connectivity index (χ1) is 11.6. The van der Waals surface area contributed by atoms with Crippen LogP contribution in [-0.4, -0.2) is 14.7 Å². The van der Waals surface area contributed by atoms with Gasteiger partial charge in [0.2, 0.25) is 0 Å². The van der Waals surface area contributed by atoms with Crippen molar-refractivity contribution in [1.29, 1.82) is 0 Å². The maximum atomic E-state index is 13.1. The lowest BCUT2D eigenvalue weighted by Crippen LogP contribution is -2.13. The molecule has 0 unspecified atom stereocenters. The summed E-state index contributed by atoms with van der Waals surface area (Å²) in [5.41, 5.74) is 1.60. The van der Waals surface area contributed by atoms with Crippen molar-refractivity contribution in [2.45, 2.75) is 0 Å². The van der Waals surface area contributed by atoms with Crippen LogP contribution in [0.25, 0.3) is 28.0 Å².